The number of hydrogen-bond acceptors (Lipinski definition) is 7. The minimum atomic E-state index is -2.18. The number of nitrogens with zero attached hydrogens (tertiary/aromatic N) is 4. The van der Waals surface area contributed by atoms with Crippen LogP contribution in [0.15, 0.2) is 24.4 Å². The molecule has 1 saturated heterocycles. The van der Waals surface area contributed by atoms with E-state index in [2.05, 4.69) is 26.3 Å². The Hall–Kier alpha value is -2.72. The van der Waals surface area contributed by atoms with Crippen molar-refractivity contribution in [1.29, 1.82) is 5.26 Å². The summed E-state index contributed by atoms with van der Waals surface area (Å²) in [5.74, 6) is 1.23. The van der Waals surface area contributed by atoms with Gasteiger partial charge in [0.05, 0.1) is 29.4 Å². The second-order valence-corrected chi connectivity index (χ2v) is 12.5. The third-order valence-corrected chi connectivity index (χ3v) is 9.84. The maximum atomic E-state index is 11.5. The Morgan fingerprint density at radius 1 is 1.27 bits per heavy atom. The number of H-pyrrole nitrogens is 1. The second-order valence-electron chi connectivity index (χ2n) is 9.27. The SMILES string of the molecule is COc1cc([P+]2(O)CCN(C3CC3)CC2)ccc1Nc1nc(C(C)C)c2c(C#N)c[nH]c2n1. The minimum Gasteiger partial charge on any atom is -0.494 e. The Kier molecular flexibility index (Phi) is 5.74. The highest BCUT2D eigenvalue weighted by Crippen LogP contribution is 2.56. The molecular formula is C24H30N6O2P+. The van der Waals surface area contributed by atoms with E-state index in [4.69, 9.17) is 9.72 Å². The molecule has 9 heteroatoms. The molecule has 2 fully saturated rings. The summed E-state index contributed by atoms with van der Waals surface area (Å²) in [6, 6.07) is 8.87. The molecule has 2 aliphatic rings. The van der Waals surface area contributed by atoms with Gasteiger partial charge in [0.1, 0.15) is 35.1 Å². The average Bonchev–Trinajstić information content (AvgIpc) is 3.58. The van der Waals surface area contributed by atoms with Crippen LogP contribution in [0.25, 0.3) is 11.0 Å². The number of hydrogen-bond donors (Lipinski definition) is 3. The summed E-state index contributed by atoms with van der Waals surface area (Å²) in [4.78, 5) is 26.4. The molecule has 1 aromatic carbocycles. The van der Waals surface area contributed by atoms with Crippen LogP contribution >= 0.6 is 7.49 Å². The van der Waals surface area contributed by atoms with Crippen molar-refractivity contribution >= 4 is 35.5 Å². The van der Waals surface area contributed by atoms with Crippen LogP contribution in [0.4, 0.5) is 11.6 Å². The van der Waals surface area contributed by atoms with Crippen molar-refractivity contribution in [3.63, 3.8) is 0 Å². The van der Waals surface area contributed by atoms with Crippen LogP contribution in [0, 0.1) is 11.3 Å². The Labute approximate surface area is 194 Å². The molecule has 0 radical (unpaired) electrons. The van der Waals surface area contributed by atoms with Crippen LogP contribution in [0.2, 0.25) is 0 Å². The second kappa shape index (κ2) is 8.57. The monoisotopic (exact) mass is 465 g/mol. The number of ether oxygens (including phenoxy) is 1. The van der Waals surface area contributed by atoms with Gasteiger partial charge in [-0.15, -0.1) is 0 Å². The van der Waals surface area contributed by atoms with Gasteiger partial charge in [-0.3, -0.25) is 4.90 Å². The summed E-state index contributed by atoms with van der Waals surface area (Å²) in [5, 5.41) is 14.5. The standard InChI is InChI=1S/C24H30N6O2P/c1-15(2)22-21-16(13-25)14-26-23(21)29-24(28-22)27-19-7-6-18(12-20(19)32-3)33(31)10-8-30(9-11-33)17-4-5-17/h6-7,12,14-15,17,31H,4-5,8-11H2,1-3H3,(H2,26,27,28,29)/q+1. The van der Waals surface area contributed by atoms with E-state index in [-0.39, 0.29) is 5.92 Å². The normalized spacial score (nSPS) is 18.4. The molecule has 1 aliphatic carbocycles. The molecule has 8 nitrogen and oxygen atoms in total. The fraction of sp³-hybridized carbons (Fsp3) is 0.458. The van der Waals surface area contributed by atoms with Gasteiger partial charge in [0.25, 0.3) is 0 Å². The number of aromatic amines is 1. The summed E-state index contributed by atoms with van der Waals surface area (Å²) >= 11 is 0. The first-order chi connectivity index (χ1) is 15.9. The minimum absolute atomic E-state index is 0.128. The molecule has 0 bridgehead atoms. The number of nitriles is 1. The smallest absolute Gasteiger partial charge is 0.229 e. The fourth-order valence-corrected chi connectivity index (χ4v) is 7.28. The van der Waals surface area contributed by atoms with Crippen LogP contribution in [0.1, 0.15) is 43.9 Å². The third-order valence-electron chi connectivity index (χ3n) is 6.72. The predicted octanol–water partition coefficient (Wildman–Crippen LogP) is 3.73. The molecule has 5 rings (SSSR count). The molecule has 0 atom stereocenters. The molecular weight excluding hydrogens is 435 g/mol. The molecule has 1 aliphatic heterocycles. The zero-order chi connectivity index (χ0) is 23.2. The third kappa shape index (κ3) is 4.17. The topological polar surface area (TPSA) is 110 Å². The largest absolute Gasteiger partial charge is 0.494 e. The van der Waals surface area contributed by atoms with Crippen LogP contribution in [0.3, 0.4) is 0 Å². The van der Waals surface area contributed by atoms with Gasteiger partial charge in [-0.25, -0.2) is 9.88 Å². The number of benzene rings is 1. The van der Waals surface area contributed by atoms with Gasteiger partial charge in [-0.1, -0.05) is 13.8 Å². The van der Waals surface area contributed by atoms with Gasteiger partial charge in [-0.2, -0.15) is 10.2 Å². The molecule has 2 aromatic heterocycles. The van der Waals surface area contributed by atoms with Gasteiger partial charge in [0, 0.05) is 31.4 Å². The highest BCUT2D eigenvalue weighted by Gasteiger charge is 2.45. The van der Waals surface area contributed by atoms with E-state index in [9.17, 15) is 10.2 Å². The summed E-state index contributed by atoms with van der Waals surface area (Å²) < 4.78 is 5.68. The summed E-state index contributed by atoms with van der Waals surface area (Å²) in [6.07, 6.45) is 5.95. The van der Waals surface area contributed by atoms with E-state index in [0.717, 1.165) is 53.5 Å². The highest BCUT2D eigenvalue weighted by atomic mass is 31.2. The molecule has 3 aromatic rings. The van der Waals surface area contributed by atoms with Gasteiger partial charge in [-0.05, 0) is 30.9 Å². The number of aromatic nitrogens is 3. The first-order valence-electron chi connectivity index (χ1n) is 11.5. The lowest BCUT2D eigenvalue weighted by molar-refractivity contribution is 0.282. The van der Waals surface area contributed by atoms with Gasteiger partial charge in [0.15, 0.2) is 7.49 Å². The lowest BCUT2D eigenvalue weighted by Crippen LogP contribution is -2.40. The van der Waals surface area contributed by atoms with Crippen molar-refractivity contribution < 1.29 is 9.63 Å². The van der Waals surface area contributed by atoms with E-state index in [0.29, 0.717) is 22.9 Å². The van der Waals surface area contributed by atoms with E-state index in [1.54, 1.807) is 13.3 Å². The van der Waals surface area contributed by atoms with Crippen LogP contribution < -0.4 is 15.4 Å². The quantitative estimate of drug-likeness (QED) is 0.476. The highest BCUT2D eigenvalue weighted by molar-refractivity contribution is 7.77. The molecule has 0 amide bonds. The Balaban J connectivity index is 1.42. The number of nitrogens with one attached hydrogen (secondary N) is 2. The zero-order valence-corrected chi connectivity index (χ0v) is 20.2. The molecule has 1 saturated carbocycles. The van der Waals surface area contributed by atoms with E-state index in [1.807, 2.05) is 32.0 Å². The molecule has 0 unspecified atom stereocenters. The van der Waals surface area contributed by atoms with Crippen LogP contribution in [0.5, 0.6) is 5.75 Å². The summed E-state index contributed by atoms with van der Waals surface area (Å²) in [6.45, 7) is 6.05. The van der Waals surface area contributed by atoms with Gasteiger partial charge in [0.2, 0.25) is 5.95 Å². The maximum Gasteiger partial charge on any atom is 0.229 e. The summed E-state index contributed by atoms with van der Waals surface area (Å²) in [5.41, 5.74) is 2.74. The van der Waals surface area contributed by atoms with Crippen molar-refractivity contribution in [2.75, 3.05) is 37.8 Å². The van der Waals surface area contributed by atoms with Crippen LogP contribution in [-0.2, 0) is 0 Å². The lowest BCUT2D eigenvalue weighted by atomic mass is 10.1. The first-order valence-corrected chi connectivity index (χ1v) is 13.6. The van der Waals surface area contributed by atoms with Crippen molar-refractivity contribution in [2.45, 2.75) is 38.6 Å². The Bertz CT molecular complexity index is 1220. The predicted molar refractivity (Wildman–Crippen MR) is 132 cm³/mol. The van der Waals surface area contributed by atoms with Gasteiger partial charge < -0.3 is 15.0 Å². The average molecular weight is 466 g/mol. The molecule has 0 spiro atoms. The number of fused-ring (bicyclic) bond motifs is 1. The zero-order valence-electron chi connectivity index (χ0n) is 19.3. The van der Waals surface area contributed by atoms with Crippen molar-refractivity contribution in [3.8, 4) is 11.8 Å². The van der Waals surface area contributed by atoms with E-state index >= 15 is 0 Å². The number of rotatable bonds is 6. The molecule has 172 valence electrons. The Morgan fingerprint density at radius 2 is 2.03 bits per heavy atom. The number of anilines is 2. The molecule has 33 heavy (non-hydrogen) atoms. The van der Waals surface area contributed by atoms with Gasteiger partial charge >= 0.3 is 0 Å². The van der Waals surface area contributed by atoms with E-state index in [1.165, 1.54) is 12.8 Å². The van der Waals surface area contributed by atoms with Crippen molar-refractivity contribution in [3.05, 3.63) is 35.7 Å². The Morgan fingerprint density at radius 3 is 2.67 bits per heavy atom. The van der Waals surface area contributed by atoms with E-state index < -0.39 is 7.49 Å². The molecule has 3 N–H and O–H groups in total. The number of methoxy groups -OCH3 is 1. The lowest BCUT2D eigenvalue weighted by Gasteiger charge is -2.32. The fourth-order valence-electron chi connectivity index (χ4n) is 4.66. The molecule has 3 heterocycles. The van der Waals surface area contributed by atoms with Crippen LogP contribution in [-0.4, -0.2) is 63.3 Å². The first kappa shape index (κ1) is 22.1. The maximum absolute atomic E-state index is 11.5. The summed E-state index contributed by atoms with van der Waals surface area (Å²) in [7, 11) is -0.543. The van der Waals surface area contributed by atoms with Crippen molar-refractivity contribution in [1.82, 2.24) is 19.9 Å². The van der Waals surface area contributed by atoms with Crippen molar-refractivity contribution in [2.24, 2.45) is 0 Å².